The predicted molar refractivity (Wildman–Crippen MR) is 101 cm³/mol. The van der Waals surface area contributed by atoms with Crippen molar-refractivity contribution in [3.8, 4) is 11.5 Å². The zero-order chi connectivity index (χ0) is 19.2. The molecule has 0 bridgehead atoms. The molecule has 146 valence electrons. The van der Waals surface area contributed by atoms with E-state index in [1.165, 1.54) is 0 Å². The number of ether oxygens (including phenoxy) is 2. The second kappa shape index (κ2) is 9.12. The van der Waals surface area contributed by atoms with Gasteiger partial charge in [-0.2, -0.15) is 0 Å². The minimum Gasteiger partial charge on any atom is -0.454 e. The van der Waals surface area contributed by atoms with Crippen molar-refractivity contribution in [2.45, 2.75) is 39.5 Å². The Kier molecular flexibility index (Phi) is 7.14. The van der Waals surface area contributed by atoms with E-state index in [1.54, 1.807) is 18.2 Å². The molecule has 1 aliphatic rings. The van der Waals surface area contributed by atoms with E-state index in [-0.39, 0.29) is 19.2 Å². The fourth-order valence-electron chi connectivity index (χ4n) is 2.83. The summed E-state index contributed by atoms with van der Waals surface area (Å²) >= 11 is 0. The van der Waals surface area contributed by atoms with E-state index >= 15 is 0 Å². The normalized spacial score (nSPS) is 14.1. The van der Waals surface area contributed by atoms with Gasteiger partial charge in [-0.15, -0.1) is 0 Å². The lowest BCUT2D eigenvalue weighted by Gasteiger charge is -2.23. The number of fused-ring (bicyclic) bond motifs is 1. The lowest BCUT2D eigenvalue weighted by Crippen LogP contribution is -2.41. The van der Waals surface area contributed by atoms with Crippen LogP contribution in [0.25, 0.3) is 0 Å². The van der Waals surface area contributed by atoms with Crippen LogP contribution in [0.3, 0.4) is 0 Å². The van der Waals surface area contributed by atoms with Crippen LogP contribution in [0.1, 0.15) is 39.5 Å². The minimum atomic E-state index is -3.61. The van der Waals surface area contributed by atoms with Crippen molar-refractivity contribution in [3.05, 3.63) is 18.2 Å². The topological polar surface area (TPSA) is 84.9 Å². The fraction of sp³-hybridized carbons (Fsp3) is 0.611. The number of sulfonamides is 1. The SMILES string of the molecule is CCCC[C@@H](CC)CNC(=O)CN(c1ccc2c(c1)OCO2)S(C)(=O)=O. The van der Waals surface area contributed by atoms with Crippen LogP contribution in [0.4, 0.5) is 5.69 Å². The number of unbranched alkanes of at least 4 members (excludes halogenated alkanes) is 1. The van der Waals surface area contributed by atoms with Gasteiger partial charge in [0.15, 0.2) is 11.5 Å². The lowest BCUT2D eigenvalue weighted by molar-refractivity contribution is -0.119. The first-order valence-electron chi connectivity index (χ1n) is 8.99. The Morgan fingerprint density at radius 2 is 2.00 bits per heavy atom. The van der Waals surface area contributed by atoms with Crippen LogP contribution in [0.15, 0.2) is 18.2 Å². The number of rotatable bonds is 10. The molecule has 26 heavy (non-hydrogen) atoms. The number of hydrogen-bond acceptors (Lipinski definition) is 5. The number of amides is 1. The third-order valence-electron chi connectivity index (χ3n) is 4.46. The maximum atomic E-state index is 12.3. The number of carbonyl (C=O) groups excluding carboxylic acids is 1. The Labute approximate surface area is 155 Å². The van der Waals surface area contributed by atoms with Gasteiger partial charge in [0.2, 0.25) is 22.7 Å². The molecule has 1 aromatic rings. The quantitative estimate of drug-likeness (QED) is 0.670. The van der Waals surface area contributed by atoms with Gasteiger partial charge in [0.1, 0.15) is 6.54 Å². The molecule has 0 aliphatic carbocycles. The van der Waals surface area contributed by atoms with Crippen molar-refractivity contribution in [2.75, 3.05) is 30.4 Å². The molecule has 0 saturated heterocycles. The van der Waals surface area contributed by atoms with Gasteiger partial charge in [-0.25, -0.2) is 8.42 Å². The monoisotopic (exact) mass is 384 g/mol. The average molecular weight is 384 g/mol. The second-order valence-corrected chi connectivity index (χ2v) is 8.43. The average Bonchev–Trinajstić information content (AvgIpc) is 3.06. The first-order chi connectivity index (χ1) is 12.3. The maximum absolute atomic E-state index is 12.3. The van der Waals surface area contributed by atoms with Crippen molar-refractivity contribution < 1.29 is 22.7 Å². The Bertz CT molecular complexity index is 720. The minimum absolute atomic E-state index is 0.105. The summed E-state index contributed by atoms with van der Waals surface area (Å²) in [5.41, 5.74) is 0.380. The largest absolute Gasteiger partial charge is 0.454 e. The molecule has 0 aromatic heterocycles. The van der Waals surface area contributed by atoms with E-state index in [1.807, 2.05) is 0 Å². The van der Waals surface area contributed by atoms with E-state index in [4.69, 9.17) is 9.47 Å². The van der Waals surface area contributed by atoms with Crippen molar-refractivity contribution in [2.24, 2.45) is 5.92 Å². The molecule has 8 heteroatoms. The van der Waals surface area contributed by atoms with Gasteiger partial charge in [-0.1, -0.05) is 33.1 Å². The number of nitrogens with zero attached hydrogens (tertiary/aromatic N) is 1. The smallest absolute Gasteiger partial charge is 0.240 e. The number of anilines is 1. The van der Waals surface area contributed by atoms with E-state index < -0.39 is 10.0 Å². The summed E-state index contributed by atoms with van der Waals surface area (Å²) in [5.74, 6) is 1.13. The standard InChI is InChI=1S/C18H28N2O5S/c1-4-6-7-14(5-2)11-19-18(21)12-20(26(3,22)23)15-8-9-16-17(10-15)25-13-24-16/h8-10,14H,4-7,11-13H2,1-3H3,(H,19,21)/t14-/m1/s1. The molecule has 1 N–H and O–H groups in total. The molecule has 7 nitrogen and oxygen atoms in total. The van der Waals surface area contributed by atoms with Crippen LogP contribution < -0.4 is 19.1 Å². The van der Waals surface area contributed by atoms with Crippen molar-refractivity contribution in [1.82, 2.24) is 5.32 Å². The molecular weight excluding hydrogens is 356 g/mol. The number of benzene rings is 1. The molecule has 1 atom stereocenters. The van der Waals surface area contributed by atoms with Crippen molar-refractivity contribution in [1.29, 1.82) is 0 Å². The molecule has 2 rings (SSSR count). The molecule has 0 fully saturated rings. The van der Waals surface area contributed by atoms with Crippen LogP contribution in [0.5, 0.6) is 11.5 Å². The Hall–Kier alpha value is -1.96. The van der Waals surface area contributed by atoms with Gasteiger partial charge in [-0.05, 0) is 24.5 Å². The summed E-state index contributed by atoms with van der Waals surface area (Å²) < 4.78 is 36.0. The van der Waals surface area contributed by atoms with E-state index in [9.17, 15) is 13.2 Å². The highest BCUT2D eigenvalue weighted by Crippen LogP contribution is 2.36. The van der Waals surface area contributed by atoms with E-state index in [0.717, 1.165) is 36.2 Å². The van der Waals surface area contributed by atoms with Gasteiger partial charge in [0.25, 0.3) is 0 Å². The summed E-state index contributed by atoms with van der Waals surface area (Å²) in [4.78, 5) is 12.3. The zero-order valence-corrected chi connectivity index (χ0v) is 16.5. The maximum Gasteiger partial charge on any atom is 0.240 e. The second-order valence-electron chi connectivity index (χ2n) is 6.53. The summed E-state index contributed by atoms with van der Waals surface area (Å²) in [6.45, 7) is 4.65. The Morgan fingerprint density at radius 3 is 2.65 bits per heavy atom. The zero-order valence-electron chi connectivity index (χ0n) is 15.7. The molecule has 0 unspecified atom stereocenters. The highest BCUT2D eigenvalue weighted by atomic mass is 32.2. The van der Waals surface area contributed by atoms with Gasteiger partial charge < -0.3 is 14.8 Å². The molecule has 0 saturated carbocycles. The Morgan fingerprint density at radius 1 is 1.27 bits per heavy atom. The Balaban J connectivity index is 2.03. The molecular formula is C18H28N2O5S. The highest BCUT2D eigenvalue weighted by molar-refractivity contribution is 7.92. The number of hydrogen-bond donors (Lipinski definition) is 1. The summed E-state index contributed by atoms with van der Waals surface area (Å²) in [6, 6.07) is 4.83. The third kappa shape index (κ3) is 5.52. The fourth-order valence-corrected chi connectivity index (χ4v) is 3.68. The van der Waals surface area contributed by atoms with E-state index in [0.29, 0.717) is 29.6 Å². The van der Waals surface area contributed by atoms with Crippen LogP contribution in [-0.4, -0.2) is 40.5 Å². The molecule has 1 amide bonds. The lowest BCUT2D eigenvalue weighted by atomic mass is 9.99. The number of nitrogens with one attached hydrogen (secondary N) is 1. The number of carbonyl (C=O) groups is 1. The van der Waals surface area contributed by atoms with Crippen LogP contribution in [0, 0.1) is 5.92 Å². The van der Waals surface area contributed by atoms with Crippen LogP contribution >= 0.6 is 0 Å². The van der Waals surface area contributed by atoms with Crippen molar-refractivity contribution in [3.63, 3.8) is 0 Å². The molecule has 1 aromatic carbocycles. The first kappa shape index (κ1) is 20.4. The summed E-state index contributed by atoms with van der Waals surface area (Å²) in [7, 11) is -3.61. The van der Waals surface area contributed by atoms with Gasteiger partial charge in [0.05, 0.1) is 11.9 Å². The third-order valence-corrected chi connectivity index (χ3v) is 5.60. The van der Waals surface area contributed by atoms with Gasteiger partial charge in [0, 0.05) is 12.6 Å². The van der Waals surface area contributed by atoms with Crippen LogP contribution in [-0.2, 0) is 14.8 Å². The summed E-state index contributed by atoms with van der Waals surface area (Å²) in [6.07, 6.45) is 5.38. The predicted octanol–water partition coefficient (Wildman–Crippen LogP) is 2.51. The first-order valence-corrected chi connectivity index (χ1v) is 10.8. The molecule has 0 spiro atoms. The molecule has 1 aliphatic heterocycles. The van der Waals surface area contributed by atoms with E-state index in [2.05, 4.69) is 19.2 Å². The van der Waals surface area contributed by atoms with Gasteiger partial charge >= 0.3 is 0 Å². The molecule has 1 heterocycles. The van der Waals surface area contributed by atoms with Crippen molar-refractivity contribution >= 4 is 21.6 Å². The highest BCUT2D eigenvalue weighted by Gasteiger charge is 2.24. The summed E-state index contributed by atoms with van der Waals surface area (Å²) in [5, 5.41) is 2.87. The van der Waals surface area contributed by atoms with Crippen LogP contribution in [0.2, 0.25) is 0 Å². The molecule has 0 radical (unpaired) electrons. The van der Waals surface area contributed by atoms with Gasteiger partial charge in [-0.3, -0.25) is 9.10 Å².